The summed E-state index contributed by atoms with van der Waals surface area (Å²) >= 11 is 0. The third kappa shape index (κ3) is 8.72. The number of para-hydroxylation sites is 1. The molecule has 0 aliphatic carbocycles. The van der Waals surface area contributed by atoms with Crippen molar-refractivity contribution >= 4 is 32.8 Å². The Morgan fingerprint density at radius 2 is 1.43 bits per heavy atom. The number of halogens is 1. The van der Waals surface area contributed by atoms with Gasteiger partial charge in [0.1, 0.15) is 18.2 Å². The van der Waals surface area contributed by atoms with Crippen LogP contribution in [0.25, 0.3) is 11.1 Å². The average Bonchev–Trinajstić information content (AvgIpc) is 3.13. The summed E-state index contributed by atoms with van der Waals surface area (Å²) < 4.78 is 39.4. The number of β-lactam (4-membered cyclic amide) rings is 1. The molecule has 5 aromatic rings. The molecule has 0 saturated carbocycles. The largest absolute Gasteiger partial charge is 0.489 e. The van der Waals surface area contributed by atoms with Gasteiger partial charge in [-0.05, 0) is 95.7 Å². The molecular formula is C43H47FNO6PSi. The molecule has 0 aromatic heterocycles. The quantitative estimate of drug-likeness (QED) is 0.0707. The first-order chi connectivity index (χ1) is 25.1. The molecule has 1 aliphatic rings. The van der Waals surface area contributed by atoms with Gasteiger partial charge < -0.3 is 23.8 Å². The van der Waals surface area contributed by atoms with Crippen LogP contribution in [0.2, 0.25) is 18.1 Å². The zero-order valence-corrected chi connectivity index (χ0v) is 32.7. The summed E-state index contributed by atoms with van der Waals surface area (Å²) in [4.78, 5) is 35.4. The van der Waals surface area contributed by atoms with Crippen LogP contribution in [0.15, 0.2) is 127 Å². The van der Waals surface area contributed by atoms with Gasteiger partial charge in [0.15, 0.2) is 8.32 Å². The van der Waals surface area contributed by atoms with E-state index < -0.39 is 15.9 Å². The zero-order chi connectivity index (χ0) is 38.0. The molecule has 10 heteroatoms. The van der Waals surface area contributed by atoms with Crippen molar-refractivity contribution in [1.29, 1.82) is 0 Å². The van der Waals surface area contributed by atoms with Gasteiger partial charge in [-0.2, -0.15) is 0 Å². The molecule has 0 bridgehead atoms. The van der Waals surface area contributed by atoms with E-state index in [1.54, 1.807) is 24.3 Å². The molecule has 7 nitrogen and oxygen atoms in total. The van der Waals surface area contributed by atoms with Crippen LogP contribution in [0.1, 0.15) is 62.4 Å². The summed E-state index contributed by atoms with van der Waals surface area (Å²) in [6.45, 7) is 11.3. The third-order valence-electron chi connectivity index (χ3n) is 10.6. The predicted molar refractivity (Wildman–Crippen MR) is 211 cm³/mol. The Morgan fingerprint density at radius 3 is 2.04 bits per heavy atom. The molecule has 3 atom stereocenters. The SMILES string of the molecule is CC(C)(C)[Si](C)(C)O[C@@H](CC[C@H]1C(=O)N(c2ccccc2)[C@@H]1c1ccc(-c2ccc(P(=O)(O)O)cc2)cc1OCc1ccccc1)c1ccc(F)cc1. The Morgan fingerprint density at radius 1 is 0.830 bits per heavy atom. The van der Waals surface area contributed by atoms with Gasteiger partial charge in [0.05, 0.1) is 23.4 Å². The van der Waals surface area contributed by atoms with Gasteiger partial charge in [-0.1, -0.05) is 106 Å². The lowest BCUT2D eigenvalue weighted by Gasteiger charge is -2.48. The molecular weight excluding hydrogens is 705 g/mol. The Kier molecular flexibility index (Phi) is 11.2. The lowest BCUT2D eigenvalue weighted by Crippen LogP contribution is -2.55. The summed E-state index contributed by atoms with van der Waals surface area (Å²) in [5.41, 5.74) is 5.10. The van der Waals surface area contributed by atoms with Crippen LogP contribution in [0.5, 0.6) is 5.75 Å². The van der Waals surface area contributed by atoms with Crippen LogP contribution in [0, 0.1) is 11.7 Å². The highest BCUT2D eigenvalue weighted by molar-refractivity contribution is 7.60. The van der Waals surface area contributed by atoms with E-state index in [0.717, 1.165) is 33.5 Å². The highest BCUT2D eigenvalue weighted by atomic mass is 31.2. The molecule has 53 heavy (non-hydrogen) atoms. The van der Waals surface area contributed by atoms with Crippen LogP contribution in [0.4, 0.5) is 10.1 Å². The van der Waals surface area contributed by atoms with Crippen LogP contribution < -0.4 is 14.9 Å². The normalized spacial score (nSPS) is 17.0. The molecule has 1 saturated heterocycles. The molecule has 0 spiro atoms. The predicted octanol–water partition coefficient (Wildman–Crippen LogP) is 10.1. The Bertz CT molecular complexity index is 2070. The topological polar surface area (TPSA) is 96.3 Å². The molecule has 1 fully saturated rings. The van der Waals surface area contributed by atoms with Crippen LogP contribution in [-0.2, 0) is 20.4 Å². The molecule has 1 amide bonds. The highest BCUT2D eigenvalue weighted by Crippen LogP contribution is 2.50. The van der Waals surface area contributed by atoms with Gasteiger partial charge in [0.2, 0.25) is 5.91 Å². The summed E-state index contributed by atoms with van der Waals surface area (Å²) in [5, 5.41) is -0.100. The fourth-order valence-electron chi connectivity index (χ4n) is 6.56. The van der Waals surface area contributed by atoms with Gasteiger partial charge >= 0.3 is 7.60 Å². The van der Waals surface area contributed by atoms with E-state index in [4.69, 9.17) is 9.16 Å². The Hall–Kier alpha value is -4.37. The van der Waals surface area contributed by atoms with E-state index in [9.17, 15) is 23.5 Å². The second kappa shape index (κ2) is 15.5. The maximum absolute atomic E-state index is 14.2. The Balaban J connectivity index is 1.38. The highest BCUT2D eigenvalue weighted by Gasteiger charge is 2.50. The zero-order valence-electron chi connectivity index (χ0n) is 30.8. The van der Waals surface area contributed by atoms with Gasteiger partial charge in [0, 0.05) is 11.3 Å². The van der Waals surface area contributed by atoms with Crippen LogP contribution >= 0.6 is 7.60 Å². The lowest BCUT2D eigenvalue weighted by molar-refractivity contribution is -0.131. The van der Waals surface area contributed by atoms with E-state index in [2.05, 4.69) is 33.9 Å². The minimum atomic E-state index is -4.39. The number of ether oxygens (including phenoxy) is 1. The molecule has 0 unspecified atom stereocenters. The molecule has 6 rings (SSSR count). The van der Waals surface area contributed by atoms with Crippen molar-refractivity contribution in [3.8, 4) is 16.9 Å². The number of hydrogen-bond donors (Lipinski definition) is 2. The average molecular weight is 752 g/mol. The first kappa shape index (κ1) is 38.4. The number of rotatable bonds is 13. The minimum Gasteiger partial charge on any atom is -0.489 e. The van der Waals surface area contributed by atoms with Crippen molar-refractivity contribution in [2.24, 2.45) is 5.92 Å². The van der Waals surface area contributed by atoms with Crippen molar-refractivity contribution in [2.75, 3.05) is 4.90 Å². The summed E-state index contributed by atoms with van der Waals surface area (Å²) in [6, 6.07) is 37.8. The lowest BCUT2D eigenvalue weighted by atomic mass is 9.77. The Labute approximate surface area is 312 Å². The van der Waals surface area contributed by atoms with Crippen molar-refractivity contribution < 1.29 is 32.7 Å². The van der Waals surface area contributed by atoms with E-state index in [1.165, 1.54) is 24.3 Å². The maximum atomic E-state index is 14.2. The van der Waals surface area contributed by atoms with Crippen LogP contribution in [0.3, 0.4) is 0 Å². The number of carbonyl (C=O) groups is 1. The van der Waals surface area contributed by atoms with Crippen molar-refractivity contribution in [3.05, 3.63) is 150 Å². The van der Waals surface area contributed by atoms with Crippen molar-refractivity contribution in [1.82, 2.24) is 0 Å². The number of nitrogens with zero attached hydrogens (tertiary/aromatic N) is 1. The molecule has 5 aromatic carbocycles. The van der Waals surface area contributed by atoms with E-state index in [0.29, 0.717) is 25.2 Å². The number of benzene rings is 5. The molecule has 0 radical (unpaired) electrons. The summed E-state index contributed by atoms with van der Waals surface area (Å²) in [6.07, 6.45) is 0.786. The summed E-state index contributed by atoms with van der Waals surface area (Å²) in [7, 11) is -6.64. The van der Waals surface area contributed by atoms with Gasteiger partial charge in [-0.25, -0.2) is 4.39 Å². The first-order valence-electron chi connectivity index (χ1n) is 17.9. The van der Waals surface area contributed by atoms with Crippen molar-refractivity contribution in [3.63, 3.8) is 0 Å². The third-order valence-corrected chi connectivity index (χ3v) is 16.0. The van der Waals surface area contributed by atoms with E-state index >= 15 is 0 Å². The molecule has 276 valence electrons. The number of hydrogen-bond acceptors (Lipinski definition) is 4. The fourth-order valence-corrected chi connectivity index (χ4v) is 8.42. The molecule has 1 heterocycles. The van der Waals surface area contributed by atoms with Crippen molar-refractivity contribution in [2.45, 2.75) is 70.5 Å². The molecule has 1 aliphatic heterocycles. The second-order valence-corrected chi connectivity index (χ2v) is 21.6. The van der Waals surface area contributed by atoms with E-state index in [-0.39, 0.29) is 40.1 Å². The maximum Gasteiger partial charge on any atom is 0.356 e. The minimum absolute atomic E-state index is 0.0116. The van der Waals surface area contributed by atoms with Crippen LogP contribution in [-0.4, -0.2) is 24.0 Å². The van der Waals surface area contributed by atoms with Gasteiger partial charge in [0.25, 0.3) is 0 Å². The second-order valence-electron chi connectivity index (χ2n) is 15.2. The number of amides is 1. The fraction of sp³-hybridized carbons (Fsp3) is 0.279. The first-order valence-corrected chi connectivity index (χ1v) is 22.4. The van der Waals surface area contributed by atoms with Gasteiger partial charge in [-0.15, -0.1) is 0 Å². The summed E-state index contributed by atoms with van der Waals surface area (Å²) in [5.74, 6) is -0.0654. The standard InChI is InChI=1S/C43H47FNO6PSi/c1-43(2,3)53(4,5)51-39(32-16-21-34(44)22-17-32)27-26-38-41(45(42(38)46)35-14-10-7-11-15-35)37-25-20-33(31-18-23-36(24-19-31)52(47,48)49)28-40(37)50-29-30-12-8-6-9-13-30/h6-25,28,38-39,41H,26-27,29H2,1-5H3,(H2,47,48,49)/t38-,39+,41-/m1/s1. The van der Waals surface area contributed by atoms with Gasteiger partial charge in [-0.3, -0.25) is 9.36 Å². The number of anilines is 1. The van der Waals surface area contributed by atoms with E-state index in [1.807, 2.05) is 83.8 Å². The molecule has 2 N–H and O–H groups in total. The number of carbonyl (C=O) groups excluding carboxylic acids is 1. The smallest absolute Gasteiger partial charge is 0.356 e. The monoisotopic (exact) mass is 751 g/mol.